The second-order valence-electron chi connectivity index (χ2n) is 6.38. The Kier molecular flexibility index (Phi) is 4.30. The third-order valence-corrected chi connectivity index (χ3v) is 4.31. The molecule has 5 heteroatoms. The van der Waals surface area contributed by atoms with Crippen LogP contribution in [-0.4, -0.2) is 17.0 Å². The van der Waals surface area contributed by atoms with E-state index in [0.29, 0.717) is 24.2 Å². The van der Waals surface area contributed by atoms with Gasteiger partial charge in [0.2, 0.25) is 0 Å². The molecule has 126 valence electrons. The van der Waals surface area contributed by atoms with Crippen LogP contribution in [0.5, 0.6) is 5.75 Å². The molecule has 0 saturated carbocycles. The molecule has 1 N–H and O–H groups in total. The number of hydrogen-bond donors (Lipinski definition) is 1. The molecule has 24 heavy (non-hydrogen) atoms. The summed E-state index contributed by atoms with van der Waals surface area (Å²) in [5, 5.41) is 9.80. The van der Waals surface area contributed by atoms with Crippen LogP contribution in [0, 0.1) is 0 Å². The van der Waals surface area contributed by atoms with E-state index < -0.39 is 11.7 Å². The first-order valence-corrected chi connectivity index (χ1v) is 7.82. The summed E-state index contributed by atoms with van der Waals surface area (Å²) in [6, 6.07) is 6.88. The van der Waals surface area contributed by atoms with Gasteiger partial charge in [-0.05, 0) is 62.6 Å². The van der Waals surface area contributed by atoms with Crippen LogP contribution in [0.25, 0.3) is 17.0 Å². The van der Waals surface area contributed by atoms with Crippen molar-refractivity contribution < 1.29 is 19.3 Å². The van der Waals surface area contributed by atoms with Crippen molar-refractivity contribution in [3.05, 3.63) is 58.5 Å². The van der Waals surface area contributed by atoms with Crippen LogP contribution >= 0.6 is 0 Å². The minimum absolute atomic E-state index is 0.387. The van der Waals surface area contributed by atoms with E-state index in [4.69, 9.17) is 14.4 Å². The van der Waals surface area contributed by atoms with Crippen LogP contribution in [0.15, 0.2) is 51.7 Å². The van der Waals surface area contributed by atoms with E-state index in [2.05, 4.69) is 11.5 Å². The molecule has 0 spiro atoms. The highest BCUT2D eigenvalue weighted by Crippen LogP contribution is 2.37. The van der Waals surface area contributed by atoms with Gasteiger partial charge in [0.15, 0.2) is 0 Å². The van der Waals surface area contributed by atoms with Crippen molar-refractivity contribution in [1.29, 1.82) is 0 Å². The molecule has 1 aliphatic rings. The van der Waals surface area contributed by atoms with Gasteiger partial charge in [-0.3, -0.25) is 5.26 Å². The van der Waals surface area contributed by atoms with Crippen LogP contribution in [0.3, 0.4) is 0 Å². The minimum atomic E-state index is -0.540. The summed E-state index contributed by atoms with van der Waals surface area (Å²) >= 11 is 0. The Labute approximate surface area is 139 Å². The fraction of sp³-hybridized carbons (Fsp3) is 0.316. The Morgan fingerprint density at radius 1 is 1.38 bits per heavy atom. The lowest BCUT2D eigenvalue weighted by Crippen LogP contribution is -2.33. The maximum Gasteiger partial charge on any atom is 0.336 e. The Bertz CT molecular complexity index is 864. The molecule has 0 aliphatic carbocycles. The molecule has 1 aromatic carbocycles. The molecule has 0 saturated heterocycles. The van der Waals surface area contributed by atoms with Crippen molar-refractivity contribution in [3.8, 4) is 5.75 Å². The topological polar surface area (TPSA) is 68.9 Å². The normalized spacial score (nSPS) is 20.5. The average Bonchev–Trinajstić information content (AvgIpc) is 2.54. The lowest BCUT2D eigenvalue weighted by atomic mass is 9.92. The number of fused-ring (bicyclic) bond motifs is 3. The second kappa shape index (κ2) is 6.26. The van der Waals surface area contributed by atoms with Gasteiger partial charge in [-0.1, -0.05) is 6.58 Å². The first-order valence-electron chi connectivity index (χ1n) is 7.82. The highest BCUT2D eigenvalue weighted by Gasteiger charge is 2.30. The Hall–Kier alpha value is -2.37. The third kappa shape index (κ3) is 3.13. The molecule has 1 unspecified atom stereocenters. The maximum atomic E-state index is 11.5. The van der Waals surface area contributed by atoms with Crippen LogP contribution in [-0.2, 0) is 4.89 Å². The molecule has 3 rings (SSSR count). The molecule has 2 heterocycles. The van der Waals surface area contributed by atoms with Crippen molar-refractivity contribution in [2.75, 3.05) is 0 Å². The standard InChI is InChI=1S/C19H20O5/c1-12(2)15(24-21)9-11-19(3)10-8-14-16(23-19)6-4-13-5-7-17(20)22-18(13)14/h4-8,10,15,21H,1,9,11H2,2-3H3/t15-,19?/m0/s1. The third-order valence-electron chi connectivity index (χ3n) is 4.31. The summed E-state index contributed by atoms with van der Waals surface area (Å²) in [7, 11) is 0. The van der Waals surface area contributed by atoms with Crippen molar-refractivity contribution in [3.63, 3.8) is 0 Å². The first-order chi connectivity index (χ1) is 11.4. The summed E-state index contributed by atoms with van der Waals surface area (Å²) < 4.78 is 11.5. The average molecular weight is 328 g/mol. The monoisotopic (exact) mass is 328 g/mol. The van der Waals surface area contributed by atoms with E-state index in [1.165, 1.54) is 6.07 Å². The number of benzene rings is 1. The minimum Gasteiger partial charge on any atom is -0.483 e. The summed E-state index contributed by atoms with van der Waals surface area (Å²) in [5.41, 5.74) is 1.12. The van der Waals surface area contributed by atoms with Crippen LogP contribution in [0.4, 0.5) is 0 Å². The second-order valence-corrected chi connectivity index (χ2v) is 6.38. The van der Waals surface area contributed by atoms with Crippen LogP contribution in [0.2, 0.25) is 0 Å². The van der Waals surface area contributed by atoms with E-state index in [1.807, 2.05) is 38.1 Å². The van der Waals surface area contributed by atoms with Gasteiger partial charge in [0.05, 0.1) is 5.56 Å². The van der Waals surface area contributed by atoms with E-state index in [0.717, 1.165) is 16.5 Å². The highest BCUT2D eigenvalue weighted by molar-refractivity contribution is 5.89. The largest absolute Gasteiger partial charge is 0.483 e. The Morgan fingerprint density at radius 2 is 2.12 bits per heavy atom. The van der Waals surface area contributed by atoms with Crippen LogP contribution < -0.4 is 10.4 Å². The van der Waals surface area contributed by atoms with E-state index in [-0.39, 0.29) is 5.63 Å². The van der Waals surface area contributed by atoms with Gasteiger partial charge in [-0.2, -0.15) is 0 Å². The van der Waals surface area contributed by atoms with E-state index >= 15 is 0 Å². The van der Waals surface area contributed by atoms with Crippen molar-refractivity contribution in [1.82, 2.24) is 0 Å². The highest BCUT2D eigenvalue weighted by atomic mass is 17.1. The molecule has 1 aliphatic heterocycles. The zero-order valence-electron chi connectivity index (χ0n) is 13.7. The van der Waals surface area contributed by atoms with Crippen molar-refractivity contribution in [2.45, 2.75) is 38.4 Å². The van der Waals surface area contributed by atoms with Crippen molar-refractivity contribution >= 4 is 17.0 Å². The van der Waals surface area contributed by atoms with E-state index in [9.17, 15) is 4.79 Å². The summed E-state index contributed by atoms with van der Waals surface area (Å²) in [6.07, 6.45) is 4.64. The number of rotatable bonds is 5. The lowest BCUT2D eigenvalue weighted by Gasteiger charge is -2.32. The molecular formula is C19H20O5. The molecule has 1 aromatic heterocycles. The Morgan fingerprint density at radius 3 is 2.83 bits per heavy atom. The SMILES string of the molecule is C=C(C)[C@H](CCC1(C)C=Cc2c(ccc3ccc(=O)oc23)O1)OO. The van der Waals surface area contributed by atoms with E-state index in [1.54, 1.807) is 6.07 Å². The fourth-order valence-corrected chi connectivity index (χ4v) is 2.87. The number of ether oxygens (including phenoxy) is 1. The lowest BCUT2D eigenvalue weighted by molar-refractivity contribution is -0.270. The smallest absolute Gasteiger partial charge is 0.336 e. The van der Waals surface area contributed by atoms with Gasteiger partial charge in [0.25, 0.3) is 0 Å². The summed E-state index contributed by atoms with van der Waals surface area (Å²) in [6.45, 7) is 7.58. The molecule has 2 atom stereocenters. The molecular weight excluding hydrogens is 308 g/mol. The quantitative estimate of drug-likeness (QED) is 0.386. The van der Waals surface area contributed by atoms with Gasteiger partial charge in [-0.25, -0.2) is 9.68 Å². The van der Waals surface area contributed by atoms with Gasteiger partial charge < -0.3 is 9.15 Å². The molecule has 2 aromatic rings. The first kappa shape index (κ1) is 16.5. The van der Waals surface area contributed by atoms with Gasteiger partial charge in [0, 0.05) is 11.5 Å². The van der Waals surface area contributed by atoms with Crippen molar-refractivity contribution in [2.24, 2.45) is 0 Å². The van der Waals surface area contributed by atoms with Gasteiger partial charge in [0.1, 0.15) is 23.0 Å². The number of hydrogen-bond acceptors (Lipinski definition) is 5. The molecule has 0 fully saturated rings. The molecule has 0 amide bonds. The predicted molar refractivity (Wildman–Crippen MR) is 92.1 cm³/mol. The van der Waals surface area contributed by atoms with Gasteiger partial charge >= 0.3 is 5.63 Å². The Balaban J connectivity index is 1.88. The van der Waals surface area contributed by atoms with Gasteiger partial charge in [-0.15, -0.1) is 0 Å². The maximum absolute atomic E-state index is 11.5. The van der Waals surface area contributed by atoms with Crippen LogP contribution in [0.1, 0.15) is 32.3 Å². The zero-order chi connectivity index (χ0) is 17.3. The predicted octanol–water partition coefficient (Wildman–Crippen LogP) is 4.17. The molecule has 5 nitrogen and oxygen atoms in total. The zero-order valence-corrected chi connectivity index (χ0v) is 13.7. The summed E-state index contributed by atoms with van der Waals surface area (Å²) in [5.74, 6) is 0.665. The fourth-order valence-electron chi connectivity index (χ4n) is 2.87. The molecule has 0 radical (unpaired) electrons. The molecule has 0 bridgehead atoms. The summed E-state index contributed by atoms with van der Waals surface area (Å²) in [4.78, 5) is 16.0.